The molecule has 6 nitrogen and oxygen atoms in total. The van der Waals surface area contributed by atoms with E-state index in [0.717, 1.165) is 37.7 Å². The Morgan fingerprint density at radius 1 is 0.639 bits per heavy atom. The van der Waals surface area contributed by atoms with E-state index in [4.69, 9.17) is 19.7 Å². The van der Waals surface area contributed by atoms with Crippen LogP contribution in [-0.4, -0.2) is 35.4 Å². The topological polar surface area (TPSA) is 93.1 Å². The molecule has 0 atom stereocenters. The number of benzene rings is 2. The lowest BCUT2D eigenvalue weighted by atomic mass is 10.1. The Morgan fingerprint density at radius 2 is 1.17 bits per heavy atom. The molecule has 0 fully saturated rings. The van der Waals surface area contributed by atoms with Crippen molar-refractivity contribution in [1.29, 1.82) is 0 Å². The SMILES string of the molecule is CCCCCCCCOc1ccccc1C(=O)O.CCCCCCOc1c(CC)cccc1C(=O)O. The smallest absolute Gasteiger partial charge is 0.339 e. The molecule has 0 saturated carbocycles. The molecule has 0 aromatic heterocycles. The van der Waals surface area contributed by atoms with Crippen molar-refractivity contribution in [2.75, 3.05) is 13.2 Å². The van der Waals surface area contributed by atoms with Gasteiger partial charge in [-0.1, -0.05) is 96.4 Å². The van der Waals surface area contributed by atoms with Gasteiger partial charge >= 0.3 is 11.9 Å². The van der Waals surface area contributed by atoms with Crippen LogP contribution in [0, 0.1) is 0 Å². The van der Waals surface area contributed by atoms with Gasteiger partial charge in [0.25, 0.3) is 0 Å². The van der Waals surface area contributed by atoms with Crippen LogP contribution < -0.4 is 9.47 Å². The molecule has 6 heteroatoms. The maximum Gasteiger partial charge on any atom is 0.339 e. The largest absolute Gasteiger partial charge is 0.493 e. The van der Waals surface area contributed by atoms with Crippen molar-refractivity contribution in [3.05, 3.63) is 59.2 Å². The Labute approximate surface area is 216 Å². The molecular weight excluding hydrogens is 456 g/mol. The molecule has 0 spiro atoms. The lowest BCUT2D eigenvalue weighted by Gasteiger charge is -2.13. The van der Waals surface area contributed by atoms with Gasteiger partial charge in [0.1, 0.15) is 22.6 Å². The van der Waals surface area contributed by atoms with E-state index in [-0.39, 0.29) is 11.1 Å². The van der Waals surface area contributed by atoms with E-state index in [1.807, 2.05) is 13.0 Å². The van der Waals surface area contributed by atoms with Gasteiger partial charge in [0, 0.05) is 0 Å². The molecule has 36 heavy (non-hydrogen) atoms. The number of carbonyl (C=O) groups is 2. The van der Waals surface area contributed by atoms with Crippen molar-refractivity contribution < 1.29 is 29.3 Å². The predicted molar refractivity (Wildman–Crippen MR) is 145 cm³/mol. The van der Waals surface area contributed by atoms with E-state index < -0.39 is 11.9 Å². The third kappa shape index (κ3) is 12.1. The van der Waals surface area contributed by atoms with Gasteiger partial charge in [0.2, 0.25) is 0 Å². The first-order valence-corrected chi connectivity index (χ1v) is 13.4. The van der Waals surface area contributed by atoms with E-state index in [1.165, 1.54) is 38.5 Å². The number of hydrogen-bond acceptors (Lipinski definition) is 4. The summed E-state index contributed by atoms with van der Waals surface area (Å²) in [4.78, 5) is 22.1. The highest BCUT2D eigenvalue weighted by atomic mass is 16.5. The van der Waals surface area contributed by atoms with Crippen molar-refractivity contribution in [2.45, 2.75) is 91.4 Å². The lowest BCUT2D eigenvalue weighted by molar-refractivity contribution is 0.0680. The zero-order valence-electron chi connectivity index (χ0n) is 22.3. The molecule has 0 aliphatic carbocycles. The number of hydrogen-bond donors (Lipinski definition) is 2. The Bertz CT molecular complexity index is 893. The van der Waals surface area contributed by atoms with E-state index in [2.05, 4.69) is 13.8 Å². The van der Waals surface area contributed by atoms with Gasteiger partial charge < -0.3 is 19.7 Å². The molecule has 0 aliphatic heterocycles. The number of rotatable bonds is 17. The maximum atomic E-state index is 11.1. The summed E-state index contributed by atoms with van der Waals surface area (Å²) in [5.41, 5.74) is 1.47. The minimum Gasteiger partial charge on any atom is -0.493 e. The van der Waals surface area contributed by atoms with Gasteiger partial charge in [-0.2, -0.15) is 0 Å². The summed E-state index contributed by atoms with van der Waals surface area (Å²) in [6.07, 6.45) is 12.5. The van der Waals surface area contributed by atoms with E-state index >= 15 is 0 Å². The molecule has 0 saturated heterocycles. The third-order valence-electron chi connectivity index (χ3n) is 5.83. The first-order valence-electron chi connectivity index (χ1n) is 13.4. The number of aromatic carboxylic acids is 2. The van der Waals surface area contributed by atoms with Gasteiger partial charge in [0.15, 0.2) is 0 Å². The van der Waals surface area contributed by atoms with E-state index in [9.17, 15) is 9.59 Å². The number of para-hydroxylation sites is 2. The molecular formula is C30H44O6. The van der Waals surface area contributed by atoms with Crippen molar-refractivity contribution in [3.8, 4) is 11.5 Å². The molecule has 0 unspecified atom stereocenters. The number of ether oxygens (including phenoxy) is 2. The minimum atomic E-state index is -0.937. The maximum absolute atomic E-state index is 11.1. The first-order chi connectivity index (χ1) is 17.5. The number of aryl methyl sites for hydroxylation is 1. The second-order valence-electron chi connectivity index (χ2n) is 8.78. The number of unbranched alkanes of at least 4 members (excludes halogenated alkanes) is 8. The Morgan fingerprint density at radius 3 is 1.78 bits per heavy atom. The number of carboxylic acids is 2. The molecule has 0 aliphatic rings. The van der Waals surface area contributed by atoms with Crippen molar-refractivity contribution in [1.82, 2.24) is 0 Å². The molecule has 2 aromatic carbocycles. The van der Waals surface area contributed by atoms with Crippen LogP contribution in [0.15, 0.2) is 42.5 Å². The molecule has 0 amide bonds. The summed E-state index contributed by atoms with van der Waals surface area (Å²) >= 11 is 0. The molecule has 2 N–H and O–H groups in total. The highest BCUT2D eigenvalue weighted by molar-refractivity contribution is 5.91. The normalized spacial score (nSPS) is 10.3. The quantitative estimate of drug-likeness (QED) is 0.214. The second kappa shape index (κ2) is 19.2. The fourth-order valence-corrected chi connectivity index (χ4v) is 3.74. The fourth-order valence-electron chi connectivity index (χ4n) is 3.74. The van der Waals surface area contributed by atoms with Gasteiger partial charge in [-0.3, -0.25) is 0 Å². The standard InChI is InChI=1S/2C15H22O3/c1-3-5-6-7-11-18-14-12(4-2)9-8-10-13(14)15(16)17;1-2-3-4-5-6-9-12-18-14-11-8-7-10-13(14)15(16)17/h8-10H,3-7,11H2,1-2H3,(H,16,17);7-8,10-11H,2-6,9,12H2,1H3,(H,16,17). The molecule has 2 aromatic rings. The van der Waals surface area contributed by atoms with Crippen LogP contribution in [0.1, 0.15) is 111 Å². The zero-order chi connectivity index (χ0) is 26.6. The van der Waals surface area contributed by atoms with Gasteiger partial charge in [-0.25, -0.2) is 9.59 Å². The van der Waals surface area contributed by atoms with Crippen molar-refractivity contribution in [3.63, 3.8) is 0 Å². The van der Waals surface area contributed by atoms with Gasteiger partial charge in [0.05, 0.1) is 13.2 Å². The Balaban J connectivity index is 0.000000360. The average molecular weight is 501 g/mol. The molecule has 0 heterocycles. The lowest BCUT2D eigenvalue weighted by Crippen LogP contribution is -2.07. The summed E-state index contributed by atoms with van der Waals surface area (Å²) in [5.74, 6) is -0.843. The zero-order valence-corrected chi connectivity index (χ0v) is 22.3. The van der Waals surface area contributed by atoms with Crippen molar-refractivity contribution in [2.24, 2.45) is 0 Å². The van der Waals surface area contributed by atoms with Crippen LogP contribution in [0.4, 0.5) is 0 Å². The summed E-state index contributed by atoms with van der Waals surface area (Å²) in [6.45, 7) is 7.56. The molecule has 200 valence electrons. The number of carboxylic acid groups (broad SMARTS) is 2. The van der Waals surface area contributed by atoms with Crippen LogP contribution >= 0.6 is 0 Å². The predicted octanol–water partition coefficient (Wildman–Crippen LogP) is 8.03. The highest BCUT2D eigenvalue weighted by Crippen LogP contribution is 2.25. The average Bonchev–Trinajstić information content (AvgIpc) is 2.88. The Kier molecular flexibility index (Phi) is 16.5. The van der Waals surface area contributed by atoms with Crippen LogP contribution in [0.25, 0.3) is 0 Å². The second-order valence-corrected chi connectivity index (χ2v) is 8.78. The fraction of sp³-hybridized carbons (Fsp3) is 0.533. The summed E-state index contributed by atoms with van der Waals surface area (Å²) in [5, 5.41) is 18.1. The van der Waals surface area contributed by atoms with Crippen LogP contribution in [0.3, 0.4) is 0 Å². The Hall–Kier alpha value is -3.02. The van der Waals surface area contributed by atoms with E-state index in [1.54, 1.807) is 36.4 Å². The minimum absolute atomic E-state index is 0.239. The van der Waals surface area contributed by atoms with Crippen LogP contribution in [0.2, 0.25) is 0 Å². The van der Waals surface area contributed by atoms with Crippen LogP contribution in [-0.2, 0) is 6.42 Å². The summed E-state index contributed by atoms with van der Waals surface area (Å²) in [7, 11) is 0. The monoisotopic (exact) mass is 500 g/mol. The highest BCUT2D eigenvalue weighted by Gasteiger charge is 2.14. The van der Waals surface area contributed by atoms with Crippen LogP contribution in [0.5, 0.6) is 11.5 Å². The van der Waals surface area contributed by atoms with Gasteiger partial charge in [-0.15, -0.1) is 0 Å². The summed E-state index contributed by atoms with van der Waals surface area (Å²) in [6, 6.07) is 12.1. The molecule has 0 radical (unpaired) electrons. The van der Waals surface area contributed by atoms with E-state index in [0.29, 0.717) is 24.7 Å². The third-order valence-corrected chi connectivity index (χ3v) is 5.83. The van der Waals surface area contributed by atoms with Crippen molar-refractivity contribution >= 4 is 11.9 Å². The summed E-state index contributed by atoms with van der Waals surface area (Å²) < 4.78 is 11.2. The molecule has 2 rings (SSSR count). The molecule has 0 bridgehead atoms. The van der Waals surface area contributed by atoms with Gasteiger partial charge in [-0.05, 0) is 43.0 Å². The first kappa shape index (κ1) is 31.0.